The average molecular weight is 312 g/mol. The zero-order valence-corrected chi connectivity index (χ0v) is 12.1. The normalized spacial score (nSPS) is 13.9. The maximum absolute atomic E-state index is 11.3. The molecule has 0 saturated heterocycles. The minimum absolute atomic E-state index is 0.716. The van der Waals surface area contributed by atoms with Crippen LogP contribution in [-0.2, 0) is 28.7 Å². The summed E-state index contributed by atoms with van der Waals surface area (Å²) < 4.78 is 9.43. The number of carboxylic acid groups (broad SMARTS) is 2. The highest BCUT2D eigenvalue weighted by atomic mass is 16.5. The topological polar surface area (TPSA) is 127 Å². The van der Waals surface area contributed by atoms with E-state index in [0.717, 1.165) is 12.2 Å². The predicted molar refractivity (Wildman–Crippen MR) is 73.8 cm³/mol. The molecular weight excluding hydrogens is 296 g/mol. The average Bonchev–Trinajstić information content (AvgIpc) is 2.42. The van der Waals surface area contributed by atoms with Gasteiger partial charge in [-0.2, -0.15) is 0 Å². The molecule has 120 valence electrons. The fourth-order valence-electron chi connectivity index (χ4n) is 1.58. The zero-order valence-electron chi connectivity index (χ0n) is 12.1. The summed E-state index contributed by atoms with van der Waals surface area (Å²) in [6, 6.07) is 0. The van der Waals surface area contributed by atoms with Crippen LogP contribution in [0, 0.1) is 0 Å². The van der Waals surface area contributed by atoms with Gasteiger partial charge >= 0.3 is 23.9 Å². The summed E-state index contributed by atoms with van der Waals surface area (Å²) in [4.78, 5) is 44.9. The Morgan fingerprint density at radius 3 is 1.27 bits per heavy atom. The number of aliphatic carboxylic acids is 2. The van der Waals surface area contributed by atoms with Crippen molar-refractivity contribution in [1.82, 2.24) is 0 Å². The second kappa shape index (κ2) is 8.40. The summed E-state index contributed by atoms with van der Waals surface area (Å²) in [5, 5.41) is 18.4. The smallest absolute Gasteiger partial charge is 0.336 e. The van der Waals surface area contributed by atoms with Crippen molar-refractivity contribution >= 4 is 23.9 Å². The number of esters is 2. The molecule has 0 aliphatic heterocycles. The number of rotatable bonds is 8. The van der Waals surface area contributed by atoms with Gasteiger partial charge in [0.25, 0.3) is 0 Å². The van der Waals surface area contributed by atoms with Gasteiger partial charge < -0.3 is 19.7 Å². The zero-order chi connectivity index (χ0) is 17.4. The van der Waals surface area contributed by atoms with Gasteiger partial charge in [-0.1, -0.05) is 13.2 Å². The molecule has 0 spiro atoms. The number of carbonyl (C=O) groups excluding carboxylic acids is 2. The van der Waals surface area contributed by atoms with Crippen molar-refractivity contribution < 1.29 is 38.9 Å². The van der Waals surface area contributed by atoms with E-state index in [0.29, 0.717) is 0 Å². The Hall–Kier alpha value is -2.90. The van der Waals surface area contributed by atoms with Gasteiger partial charge in [-0.25, -0.2) is 19.2 Å². The Labute approximate surface area is 126 Å². The van der Waals surface area contributed by atoms with Crippen LogP contribution in [-0.4, -0.2) is 46.3 Å². The third-order valence-electron chi connectivity index (χ3n) is 2.48. The fourth-order valence-corrected chi connectivity index (χ4v) is 1.58. The lowest BCUT2D eigenvalue weighted by atomic mass is 9.99. The molecule has 0 saturated carbocycles. The van der Waals surface area contributed by atoms with Crippen LogP contribution >= 0.6 is 0 Å². The molecule has 22 heavy (non-hydrogen) atoms. The van der Waals surface area contributed by atoms with E-state index in [1.165, 1.54) is 13.8 Å². The van der Waals surface area contributed by atoms with Gasteiger partial charge in [0.2, 0.25) is 0 Å². The minimum Gasteiger partial charge on any atom is -0.478 e. The third-order valence-corrected chi connectivity index (χ3v) is 2.48. The minimum atomic E-state index is -1.62. The SMILES string of the molecule is C=CC(=O)OC(C)/C(C(=O)O)=C(/C(=O)O)C(C)OC(=O)C=C. The van der Waals surface area contributed by atoms with Crippen molar-refractivity contribution in [2.24, 2.45) is 0 Å². The molecule has 8 nitrogen and oxygen atoms in total. The molecule has 0 amide bonds. The Morgan fingerprint density at radius 1 is 0.818 bits per heavy atom. The van der Waals surface area contributed by atoms with Crippen LogP contribution in [0.5, 0.6) is 0 Å². The third kappa shape index (κ3) is 5.23. The van der Waals surface area contributed by atoms with Crippen molar-refractivity contribution in [2.75, 3.05) is 0 Å². The monoisotopic (exact) mass is 312 g/mol. The van der Waals surface area contributed by atoms with Gasteiger partial charge in [-0.15, -0.1) is 0 Å². The molecule has 0 fully saturated rings. The summed E-state index contributed by atoms with van der Waals surface area (Å²) in [5.41, 5.74) is -1.43. The van der Waals surface area contributed by atoms with Crippen LogP contribution in [0.1, 0.15) is 13.8 Å². The molecule has 2 atom stereocenters. The van der Waals surface area contributed by atoms with Gasteiger partial charge in [0.1, 0.15) is 12.2 Å². The number of carbonyl (C=O) groups is 4. The summed E-state index contributed by atoms with van der Waals surface area (Å²) >= 11 is 0. The lowest BCUT2D eigenvalue weighted by Crippen LogP contribution is -2.30. The van der Waals surface area contributed by atoms with E-state index in [1.54, 1.807) is 0 Å². The van der Waals surface area contributed by atoms with Gasteiger partial charge in [0.15, 0.2) is 0 Å². The molecule has 8 heteroatoms. The molecule has 2 N–H and O–H groups in total. The number of ether oxygens (including phenoxy) is 2. The molecule has 2 unspecified atom stereocenters. The summed E-state index contributed by atoms with van der Waals surface area (Å²) in [6.07, 6.45) is -1.17. The van der Waals surface area contributed by atoms with Gasteiger partial charge in [0, 0.05) is 12.2 Å². The second-order valence-corrected chi connectivity index (χ2v) is 4.00. The van der Waals surface area contributed by atoms with Crippen LogP contribution < -0.4 is 0 Å². The van der Waals surface area contributed by atoms with Crippen LogP contribution in [0.4, 0.5) is 0 Å². The molecule has 0 aromatic carbocycles. The van der Waals surface area contributed by atoms with E-state index in [1.807, 2.05) is 0 Å². The van der Waals surface area contributed by atoms with Crippen molar-refractivity contribution in [1.29, 1.82) is 0 Å². The van der Waals surface area contributed by atoms with E-state index >= 15 is 0 Å². The van der Waals surface area contributed by atoms with Crippen LogP contribution in [0.3, 0.4) is 0 Å². The Bertz CT molecular complexity index is 495. The van der Waals surface area contributed by atoms with Gasteiger partial charge in [0.05, 0.1) is 11.1 Å². The lowest BCUT2D eigenvalue weighted by Gasteiger charge is -2.19. The molecule has 0 aliphatic carbocycles. The van der Waals surface area contributed by atoms with Crippen molar-refractivity contribution in [3.63, 3.8) is 0 Å². The molecule has 0 aromatic rings. The standard InChI is InChI=1S/C14H16O8/c1-5-9(15)21-7(3)11(13(17)18)12(14(19)20)8(4)22-10(16)6-2/h5-8H,1-2H2,3-4H3,(H,17,18)(H,19,20)/b12-11-. The first-order chi connectivity index (χ1) is 10.1. The quantitative estimate of drug-likeness (QED) is 0.495. The molecule has 0 aliphatic rings. The summed E-state index contributed by atoms with van der Waals surface area (Å²) in [6.45, 7) is 8.65. The molecule has 0 bridgehead atoms. The van der Waals surface area contributed by atoms with Crippen molar-refractivity contribution in [3.8, 4) is 0 Å². The molecule has 0 aromatic heterocycles. The molecule has 0 rings (SSSR count). The highest BCUT2D eigenvalue weighted by Gasteiger charge is 2.32. The highest BCUT2D eigenvalue weighted by Crippen LogP contribution is 2.19. The fraction of sp³-hybridized carbons (Fsp3) is 0.286. The Kier molecular flexibility index (Phi) is 7.29. The summed E-state index contributed by atoms with van der Waals surface area (Å²) in [7, 11) is 0. The highest BCUT2D eigenvalue weighted by molar-refractivity contribution is 6.01. The van der Waals surface area contributed by atoms with Gasteiger partial charge in [-0.3, -0.25) is 0 Å². The summed E-state index contributed by atoms with van der Waals surface area (Å²) in [5.74, 6) is -5.09. The number of carboxylic acids is 2. The molecule has 0 heterocycles. The van der Waals surface area contributed by atoms with Crippen molar-refractivity contribution in [2.45, 2.75) is 26.1 Å². The van der Waals surface area contributed by atoms with Crippen molar-refractivity contribution in [3.05, 3.63) is 36.5 Å². The largest absolute Gasteiger partial charge is 0.478 e. The van der Waals surface area contributed by atoms with Crippen LogP contribution in [0.25, 0.3) is 0 Å². The maximum Gasteiger partial charge on any atom is 0.336 e. The van der Waals surface area contributed by atoms with Crippen LogP contribution in [0.15, 0.2) is 36.5 Å². The van der Waals surface area contributed by atoms with E-state index in [9.17, 15) is 29.4 Å². The van der Waals surface area contributed by atoms with Crippen LogP contribution in [0.2, 0.25) is 0 Å². The lowest BCUT2D eigenvalue weighted by molar-refractivity contribution is -0.147. The molecule has 0 radical (unpaired) electrons. The van der Waals surface area contributed by atoms with E-state index in [-0.39, 0.29) is 0 Å². The van der Waals surface area contributed by atoms with E-state index in [4.69, 9.17) is 9.47 Å². The van der Waals surface area contributed by atoms with Gasteiger partial charge in [-0.05, 0) is 13.8 Å². The Balaban J connectivity index is 5.84. The first-order valence-corrected chi connectivity index (χ1v) is 6.02. The molecular formula is C14H16O8. The predicted octanol–water partition coefficient (Wildman–Crippen LogP) is 0.688. The number of hydrogen-bond acceptors (Lipinski definition) is 6. The van der Waals surface area contributed by atoms with E-state index in [2.05, 4.69) is 13.2 Å². The first-order valence-electron chi connectivity index (χ1n) is 6.02. The maximum atomic E-state index is 11.3. The number of hydrogen-bond donors (Lipinski definition) is 2. The Morgan fingerprint density at radius 2 is 1.09 bits per heavy atom. The second-order valence-electron chi connectivity index (χ2n) is 4.00. The van der Waals surface area contributed by atoms with E-state index < -0.39 is 47.2 Å². The first kappa shape index (κ1) is 19.1.